The zero-order valence-electron chi connectivity index (χ0n) is 22.6. The molecule has 0 aromatic heterocycles. The van der Waals surface area contributed by atoms with Crippen LogP contribution in [0.2, 0.25) is 0 Å². The summed E-state index contributed by atoms with van der Waals surface area (Å²) in [6, 6.07) is 39.9. The van der Waals surface area contributed by atoms with Gasteiger partial charge in [0.2, 0.25) is 0 Å². The standard InChI is InChI=1S/C36H32N2O2/c37-23-33-34(26-39-24-27-11-3-1-4-12-27)36(40-25-28-13-5-2-6-14-28)32(22-35(33)38-19-9-10-20-38)31-18-17-29-15-7-8-16-30(29)21-31/h1-8,11-18,21-22H,9-10,19-20,24-26H2. The number of nitrogens with zero attached hydrogens (tertiary/aromatic N) is 2. The minimum Gasteiger partial charge on any atom is -0.488 e. The Balaban J connectivity index is 1.48. The van der Waals surface area contributed by atoms with Gasteiger partial charge in [0.1, 0.15) is 18.4 Å². The highest BCUT2D eigenvalue weighted by Gasteiger charge is 2.25. The average Bonchev–Trinajstić information content (AvgIpc) is 3.56. The van der Waals surface area contributed by atoms with Crippen LogP contribution in [-0.2, 0) is 24.6 Å². The molecule has 4 heteroatoms. The predicted molar refractivity (Wildman–Crippen MR) is 161 cm³/mol. The van der Waals surface area contributed by atoms with E-state index in [0.717, 1.165) is 59.4 Å². The van der Waals surface area contributed by atoms with Crippen LogP contribution in [0.15, 0.2) is 109 Å². The fourth-order valence-electron chi connectivity index (χ4n) is 5.49. The van der Waals surface area contributed by atoms with Crippen LogP contribution in [0.3, 0.4) is 0 Å². The maximum atomic E-state index is 10.5. The van der Waals surface area contributed by atoms with E-state index in [-0.39, 0.29) is 6.61 Å². The summed E-state index contributed by atoms with van der Waals surface area (Å²) in [7, 11) is 0. The molecule has 40 heavy (non-hydrogen) atoms. The van der Waals surface area contributed by atoms with Gasteiger partial charge in [-0.1, -0.05) is 97.1 Å². The highest BCUT2D eigenvalue weighted by molar-refractivity contribution is 5.90. The van der Waals surface area contributed by atoms with Crippen molar-refractivity contribution in [3.8, 4) is 22.9 Å². The molecule has 0 saturated carbocycles. The van der Waals surface area contributed by atoms with E-state index < -0.39 is 0 Å². The normalized spacial score (nSPS) is 12.9. The molecular weight excluding hydrogens is 492 g/mol. The molecule has 0 bridgehead atoms. The SMILES string of the molecule is N#Cc1c(N2CCCC2)cc(-c2ccc3ccccc3c2)c(OCc2ccccc2)c1COCc1ccccc1. The van der Waals surface area contributed by atoms with Gasteiger partial charge >= 0.3 is 0 Å². The summed E-state index contributed by atoms with van der Waals surface area (Å²) in [6.45, 7) is 3.04. The van der Waals surface area contributed by atoms with Crippen LogP contribution in [0.4, 0.5) is 5.69 Å². The van der Waals surface area contributed by atoms with Crippen molar-refractivity contribution in [3.05, 3.63) is 131 Å². The summed E-state index contributed by atoms with van der Waals surface area (Å²) in [4.78, 5) is 2.34. The molecule has 1 fully saturated rings. The number of nitriles is 1. The zero-order valence-corrected chi connectivity index (χ0v) is 22.6. The first-order valence-electron chi connectivity index (χ1n) is 13.9. The summed E-state index contributed by atoms with van der Waals surface area (Å²) in [5.74, 6) is 0.715. The fourth-order valence-corrected chi connectivity index (χ4v) is 5.49. The second kappa shape index (κ2) is 12.1. The Morgan fingerprint density at radius 3 is 2.02 bits per heavy atom. The monoisotopic (exact) mass is 524 g/mol. The minimum atomic E-state index is 0.282. The van der Waals surface area contributed by atoms with Crippen LogP contribution in [0.1, 0.15) is 35.1 Å². The van der Waals surface area contributed by atoms with Crippen molar-refractivity contribution in [1.82, 2.24) is 0 Å². The summed E-state index contributed by atoms with van der Waals surface area (Å²) < 4.78 is 12.9. The van der Waals surface area contributed by atoms with Crippen molar-refractivity contribution in [2.45, 2.75) is 32.7 Å². The molecule has 1 aliphatic rings. The van der Waals surface area contributed by atoms with Crippen molar-refractivity contribution in [3.63, 3.8) is 0 Å². The van der Waals surface area contributed by atoms with Gasteiger partial charge in [-0.2, -0.15) is 5.26 Å². The van der Waals surface area contributed by atoms with Crippen LogP contribution in [0.5, 0.6) is 5.75 Å². The Hall–Kier alpha value is -4.59. The second-order valence-corrected chi connectivity index (χ2v) is 10.2. The van der Waals surface area contributed by atoms with Crippen LogP contribution < -0.4 is 9.64 Å². The first-order chi connectivity index (χ1) is 19.8. The summed E-state index contributed by atoms with van der Waals surface area (Å²) in [5, 5.41) is 12.9. The number of benzene rings is 5. The lowest BCUT2D eigenvalue weighted by molar-refractivity contribution is 0.104. The molecule has 1 heterocycles. The molecule has 0 unspecified atom stereocenters. The molecule has 198 valence electrons. The van der Waals surface area contributed by atoms with E-state index in [1.165, 1.54) is 10.8 Å². The van der Waals surface area contributed by atoms with Gasteiger partial charge in [0.25, 0.3) is 0 Å². The van der Waals surface area contributed by atoms with Crippen molar-refractivity contribution in [1.29, 1.82) is 5.26 Å². The molecule has 0 atom stereocenters. The van der Waals surface area contributed by atoms with Crippen LogP contribution in [-0.4, -0.2) is 13.1 Å². The first kappa shape index (κ1) is 25.7. The van der Waals surface area contributed by atoms with Gasteiger partial charge in [-0.25, -0.2) is 0 Å². The number of rotatable bonds is 9. The van der Waals surface area contributed by atoms with Crippen molar-refractivity contribution in [2.75, 3.05) is 18.0 Å². The quantitative estimate of drug-likeness (QED) is 0.195. The molecule has 4 nitrogen and oxygen atoms in total. The van der Waals surface area contributed by atoms with Gasteiger partial charge in [-0.3, -0.25) is 0 Å². The maximum Gasteiger partial charge on any atom is 0.134 e. The lowest BCUT2D eigenvalue weighted by Gasteiger charge is -2.25. The Morgan fingerprint density at radius 2 is 1.32 bits per heavy atom. The summed E-state index contributed by atoms with van der Waals surface area (Å²) in [5.41, 5.74) is 6.64. The molecular formula is C36H32N2O2. The van der Waals surface area contributed by atoms with Gasteiger partial charge in [-0.05, 0) is 52.4 Å². The average molecular weight is 525 g/mol. The largest absolute Gasteiger partial charge is 0.488 e. The number of fused-ring (bicyclic) bond motifs is 1. The topological polar surface area (TPSA) is 45.5 Å². The highest BCUT2D eigenvalue weighted by Crippen LogP contribution is 2.43. The van der Waals surface area contributed by atoms with E-state index in [0.29, 0.717) is 24.5 Å². The number of ether oxygens (including phenoxy) is 2. The van der Waals surface area contributed by atoms with Gasteiger partial charge in [0.05, 0.1) is 24.5 Å². The molecule has 0 spiro atoms. The van der Waals surface area contributed by atoms with Gasteiger partial charge in [0.15, 0.2) is 0 Å². The number of hydrogen-bond acceptors (Lipinski definition) is 4. The number of anilines is 1. The molecule has 5 aromatic carbocycles. The third kappa shape index (κ3) is 5.57. The smallest absolute Gasteiger partial charge is 0.134 e. The van der Waals surface area contributed by atoms with E-state index in [2.05, 4.69) is 83.8 Å². The molecule has 0 N–H and O–H groups in total. The van der Waals surface area contributed by atoms with Crippen molar-refractivity contribution in [2.24, 2.45) is 0 Å². The lowest BCUT2D eigenvalue weighted by Crippen LogP contribution is -2.20. The van der Waals surface area contributed by atoms with E-state index in [9.17, 15) is 5.26 Å². The molecule has 0 radical (unpaired) electrons. The molecule has 1 saturated heterocycles. The van der Waals surface area contributed by atoms with E-state index in [4.69, 9.17) is 9.47 Å². The third-order valence-electron chi connectivity index (χ3n) is 7.56. The van der Waals surface area contributed by atoms with Crippen LogP contribution in [0, 0.1) is 11.3 Å². The lowest BCUT2D eigenvalue weighted by atomic mass is 9.94. The van der Waals surface area contributed by atoms with E-state index >= 15 is 0 Å². The van der Waals surface area contributed by atoms with E-state index in [1.54, 1.807) is 0 Å². The Kier molecular flexibility index (Phi) is 7.75. The molecule has 0 aliphatic carbocycles. The molecule has 5 aromatic rings. The Bertz CT molecular complexity index is 1640. The summed E-state index contributed by atoms with van der Waals surface area (Å²) in [6.07, 6.45) is 2.25. The van der Waals surface area contributed by atoms with Gasteiger partial charge in [-0.15, -0.1) is 0 Å². The number of hydrogen-bond donors (Lipinski definition) is 0. The first-order valence-corrected chi connectivity index (χ1v) is 13.9. The zero-order chi connectivity index (χ0) is 27.1. The summed E-state index contributed by atoms with van der Waals surface area (Å²) >= 11 is 0. The van der Waals surface area contributed by atoms with E-state index in [1.807, 2.05) is 36.4 Å². The predicted octanol–water partition coefficient (Wildman–Crippen LogP) is 8.27. The Morgan fingerprint density at radius 1 is 0.675 bits per heavy atom. The van der Waals surface area contributed by atoms with Gasteiger partial charge < -0.3 is 14.4 Å². The molecule has 0 amide bonds. The van der Waals surface area contributed by atoms with Crippen molar-refractivity contribution >= 4 is 16.5 Å². The molecule has 1 aliphatic heterocycles. The minimum absolute atomic E-state index is 0.282. The maximum absolute atomic E-state index is 10.5. The van der Waals surface area contributed by atoms with Crippen LogP contribution in [0.25, 0.3) is 21.9 Å². The third-order valence-corrected chi connectivity index (χ3v) is 7.56. The highest BCUT2D eigenvalue weighted by atomic mass is 16.5. The fraction of sp³-hybridized carbons (Fsp3) is 0.194. The van der Waals surface area contributed by atoms with Crippen LogP contribution >= 0.6 is 0 Å². The Labute approximate surface area is 236 Å². The second-order valence-electron chi connectivity index (χ2n) is 10.2. The van der Waals surface area contributed by atoms with Gasteiger partial charge in [0, 0.05) is 24.2 Å². The molecule has 6 rings (SSSR count). The van der Waals surface area contributed by atoms with Crippen molar-refractivity contribution < 1.29 is 9.47 Å².